The largest absolute Gasteiger partial charge is 0.468 e. The Hall–Kier alpha value is -2.40. The molecule has 0 unspecified atom stereocenters. The SMILES string of the molecule is Cc1cccc2nc(CN[C@@H](C)c3ccco3)cc(=O)n12. The summed E-state index contributed by atoms with van der Waals surface area (Å²) in [5, 5.41) is 3.30. The second-order valence-corrected chi connectivity index (χ2v) is 5.06. The van der Waals surface area contributed by atoms with Crippen LogP contribution in [0.3, 0.4) is 0 Å². The number of nitrogens with zero attached hydrogens (tertiary/aromatic N) is 2. The van der Waals surface area contributed by atoms with Gasteiger partial charge in [-0.2, -0.15) is 0 Å². The molecule has 21 heavy (non-hydrogen) atoms. The smallest absolute Gasteiger partial charge is 0.258 e. The molecule has 3 rings (SSSR count). The lowest BCUT2D eigenvalue weighted by Crippen LogP contribution is -2.22. The van der Waals surface area contributed by atoms with Crippen LogP contribution in [0.2, 0.25) is 0 Å². The van der Waals surface area contributed by atoms with Crippen molar-refractivity contribution in [3.63, 3.8) is 0 Å². The van der Waals surface area contributed by atoms with Gasteiger partial charge in [-0.1, -0.05) is 6.07 Å². The van der Waals surface area contributed by atoms with E-state index < -0.39 is 0 Å². The quantitative estimate of drug-likeness (QED) is 0.799. The minimum atomic E-state index is -0.0550. The summed E-state index contributed by atoms with van der Waals surface area (Å²) < 4.78 is 6.96. The average Bonchev–Trinajstić information content (AvgIpc) is 2.98. The van der Waals surface area contributed by atoms with Gasteiger partial charge in [0, 0.05) is 18.3 Å². The molecule has 1 N–H and O–H groups in total. The van der Waals surface area contributed by atoms with Crippen molar-refractivity contribution in [2.45, 2.75) is 26.4 Å². The van der Waals surface area contributed by atoms with E-state index in [1.807, 2.05) is 44.2 Å². The molecule has 0 saturated heterocycles. The number of rotatable bonds is 4. The highest BCUT2D eigenvalue weighted by atomic mass is 16.3. The molecule has 0 aliphatic rings. The monoisotopic (exact) mass is 283 g/mol. The maximum Gasteiger partial charge on any atom is 0.258 e. The van der Waals surface area contributed by atoms with Gasteiger partial charge in [0.1, 0.15) is 11.4 Å². The summed E-state index contributed by atoms with van der Waals surface area (Å²) >= 11 is 0. The average molecular weight is 283 g/mol. The molecule has 3 aromatic rings. The van der Waals surface area contributed by atoms with Crippen LogP contribution in [-0.4, -0.2) is 9.38 Å². The third-order valence-corrected chi connectivity index (χ3v) is 3.49. The number of hydrogen-bond donors (Lipinski definition) is 1. The maximum atomic E-state index is 12.2. The summed E-state index contributed by atoms with van der Waals surface area (Å²) in [6.07, 6.45) is 1.65. The number of pyridine rings is 1. The van der Waals surface area contributed by atoms with Gasteiger partial charge in [0.15, 0.2) is 0 Å². The number of hydrogen-bond acceptors (Lipinski definition) is 4. The van der Waals surface area contributed by atoms with Gasteiger partial charge in [0.25, 0.3) is 5.56 Å². The Bertz CT molecular complexity index is 806. The molecule has 0 fully saturated rings. The topological polar surface area (TPSA) is 59.5 Å². The Balaban J connectivity index is 1.84. The minimum absolute atomic E-state index is 0.0550. The van der Waals surface area contributed by atoms with Crippen LogP contribution in [0.15, 0.2) is 51.9 Å². The van der Waals surface area contributed by atoms with Gasteiger partial charge in [0.2, 0.25) is 0 Å². The van der Waals surface area contributed by atoms with Crippen LogP contribution < -0.4 is 10.9 Å². The lowest BCUT2D eigenvalue weighted by atomic mass is 10.2. The number of furan rings is 1. The summed E-state index contributed by atoms with van der Waals surface area (Å²) in [4.78, 5) is 16.7. The van der Waals surface area contributed by atoms with Crippen LogP contribution in [0.4, 0.5) is 0 Å². The lowest BCUT2D eigenvalue weighted by molar-refractivity contribution is 0.428. The fourth-order valence-corrected chi connectivity index (χ4v) is 2.35. The maximum absolute atomic E-state index is 12.2. The van der Waals surface area contributed by atoms with E-state index in [1.54, 1.807) is 16.7 Å². The molecule has 108 valence electrons. The molecule has 0 aromatic carbocycles. The van der Waals surface area contributed by atoms with Crippen LogP contribution in [0.5, 0.6) is 0 Å². The lowest BCUT2D eigenvalue weighted by Gasteiger charge is -2.11. The van der Waals surface area contributed by atoms with E-state index >= 15 is 0 Å². The van der Waals surface area contributed by atoms with Crippen molar-refractivity contribution in [3.05, 3.63) is 70.2 Å². The van der Waals surface area contributed by atoms with E-state index in [4.69, 9.17) is 4.42 Å². The van der Waals surface area contributed by atoms with Crippen LogP contribution >= 0.6 is 0 Å². The van der Waals surface area contributed by atoms with Crippen molar-refractivity contribution in [2.24, 2.45) is 0 Å². The summed E-state index contributed by atoms with van der Waals surface area (Å²) in [5.74, 6) is 0.864. The number of aromatic nitrogens is 2. The van der Waals surface area contributed by atoms with Gasteiger partial charge in [0.05, 0.1) is 18.0 Å². The third kappa shape index (κ3) is 2.73. The number of aryl methyl sites for hydroxylation is 1. The van der Waals surface area contributed by atoms with Gasteiger partial charge in [-0.3, -0.25) is 9.20 Å². The first-order chi connectivity index (χ1) is 10.1. The molecule has 0 aliphatic heterocycles. The van der Waals surface area contributed by atoms with Crippen molar-refractivity contribution in [1.29, 1.82) is 0 Å². The Morgan fingerprint density at radius 3 is 2.95 bits per heavy atom. The van der Waals surface area contributed by atoms with Crippen LogP contribution in [0.25, 0.3) is 5.65 Å². The highest BCUT2D eigenvalue weighted by Gasteiger charge is 2.09. The highest BCUT2D eigenvalue weighted by Crippen LogP contribution is 2.12. The van der Waals surface area contributed by atoms with E-state index in [9.17, 15) is 4.79 Å². The van der Waals surface area contributed by atoms with Crippen molar-refractivity contribution < 1.29 is 4.42 Å². The molecule has 5 heteroatoms. The summed E-state index contributed by atoms with van der Waals surface area (Å²) in [6.45, 7) is 4.42. The molecule has 3 aromatic heterocycles. The first-order valence-electron chi connectivity index (χ1n) is 6.90. The molecule has 0 amide bonds. The Labute approximate surface area is 122 Å². The molecular weight excluding hydrogens is 266 g/mol. The number of nitrogens with one attached hydrogen (secondary N) is 1. The van der Waals surface area contributed by atoms with Gasteiger partial charge in [-0.25, -0.2) is 4.98 Å². The zero-order valence-corrected chi connectivity index (χ0v) is 12.0. The van der Waals surface area contributed by atoms with Crippen molar-refractivity contribution in [3.8, 4) is 0 Å². The minimum Gasteiger partial charge on any atom is -0.468 e. The normalized spacial score (nSPS) is 12.7. The van der Waals surface area contributed by atoms with Crippen LogP contribution in [0.1, 0.15) is 30.1 Å². The Kier molecular flexibility index (Phi) is 3.58. The third-order valence-electron chi connectivity index (χ3n) is 3.49. The standard InChI is InChI=1S/C16H17N3O2/c1-11-5-3-7-15-18-13(9-16(20)19(11)15)10-17-12(2)14-6-4-8-21-14/h3-9,12,17H,10H2,1-2H3/t12-/m0/s1. The Morgan fingerprint density at radius 2 is 2.19 bits per heavy atom. The fraction of sp³-hybridized carbons (Fsp3) is 0.250. The fourth-order valence-electron chi connectivity index (χ4n) is 2.35. The highest BCUT2D eigenvalue weighted by molar-refractivity contribution is 5.40. The zero-order valence-electron chi connectivity index (χ0n) is 12.0. The summed E-state index contributed by atoms with van der Waals surface area (Å²) in [5.41, 5.74) is 2.22. The van der Waals surface area contributed by atoms with Crippen molar-refractivity contribution in [1.82, 2.24) is 14.7 Å². The van der Waals surface area contributed by atoms with E-state index in [2.05, 4.69) is 10.3 Å². The first-order valence-corrected chi connectivity index (χ1v) is 6.90. The van der Waals surface area contributed by atoms with Crippen LogP contribution in [-0.2, 0) is 6.54 Å². The van der Waals surface area contributed by atoms with Crippen molar-refractivity contribution in [2.75, 3.05) is 0 Å². The second-order valence-electron chi connectivity index (χ2n) is 5.06. The van der Waals surface area contributed by atoms with Gasteiger partial charge in [-0.05, 0) is 38.1 Å². The Morgan fingerprint density at radius 1 is 1.33 bits per heavy atom. The molecule has 5 nitrogen and oxygen atoms in total. The number of fused-ring (bicyclic) bond motifs is 1. The van der Waals surface area contributed by atoms with Gasteiger partial charge in [-0.15, -0.1) is 0 Å². The van der Waals surface area contributed by atoms with Gasteiger partial charge < -0.3 is 9.73 Å². The second kappa shape index (κ2) is 5.54. The van der Waals surface area contributed by atoms with Crippen molar-refractivity contribution >= 4 is 5.65 Å². The molecule has 3 heterocycles. The predicted molar refractivity (Wildman–Crippen MR) is 80.2 cm³/mol. The molecule has 0 radical (unpaired) electrons. The molecule has 0 bridgehead atoms. The van der Waals surface area contributed by atoms with Crippen LogP contribution in [0, 0.1) is 6.92 Å². The van der Waals surface area contributed by atoms with E-state index in [0.29, 0.717) is 12.2 Å². The van der Waals surface area contributed by atoms with Gasteiger partial charge >= 0.3 is 0 Å². The molecule has 0 saturated carbocycles. The predicted octanol–water partition coefficient (Wildman–Crippen LogP) is 2.45. The first kappa shape index (κ1) is 13.6. The molecule has 0 spiro atoms. The van der Waals surface area contributed by atoms with E-state index in [0.717, 1.165) is 17.1 Å². The molecule has 1 atom stereocenters. The van der Waals surface area contributed by atoms with E-state index in [1.165, 1.54) is 0 Å². The summed E-state index contributed by atoms with van der Waals surface area (Å²) in [7, 11) is 0. The summed E-state index contributed by atoms with van der Waals surface area (Å²) in [6, 6.07) is 11.1. The van der Waals surface area contributed by atoms with E-state index in [-0.39, 0.29) is 11.6 Å². The molecule has 0 aliphatic carbocycles. The zero-order chi connectivity index (χ0) is 14.8. The molecular formula is C16H17N3O2.